The third kappa shape index (κ3) is 4.81. The summed E-state index contributed by atoms with van der Waals surface area (Å²) >= 11 is 0. The normalized spacial score (nSPS) is 23.5. The van der Waals surface area contributed by atoms with Crippen LogP contribution in [0, 0.1) is 22.6 Å². The van der Waals surface area contributed by atoms with Crippen LogP contribution in [0.4, 0.5) is 4.39 Å². The van der Waals surface area contributed by atoms with Crippen molar-refractivity contribution < 1.29 is 13.9 Å². The highest BCUT2D eigenvalue weighted by Gasteiger charge is 2.30. The predicted molar refractivity (Wildman–Crippen MR) is 97.1 cm³/mol. The third-order valence-corrected chi connectivity index (χ3v) is 5.70. The van der Waals surface area contributed by atoms with E-state index in [2.05, 4.69) is 24.9 Å². The molecule has 2 aliphatic rings. The van der Waals surface area contributed by atoms with Crippen molar-refractivity contribution in [1.29, 1.82) is 5.26 Å². The smallest absolute Gasteiger partial charge is 0.157 e. The van der Waals surface area contributed by atoms with Gasteiger partial charge in [-0.2, -0.15) is 5.26 Å². The lowest BCUT2D eigenvalue weighted by molar-refractivity contribution is -0.161. The van der Waals surface area contributed by atoms with E-state index in [1.54, 1.807) is 0 Å². The number of pyridine rings is 1. The van der Waals surface area contributed by atoms with Gasteiger partial charge in [0.25, 0.3) is 0 Å². The molecule has 4 nitrogen and oxygen atoms in total. The maximum absolute atomic E-state index is 14.4. The first-order valence-electron chi connectivity index (χ1n) is 9.81. The molecule has 0 spiro atoms. The Bertz CT molecular complexity index is 653. The molecule has 1 aromatic heterocycles. The highest BCUT2D eigenvalue weighted by Crippen LogP contribution is 2.42. The minimum Gasteiger partial charge on any atom is -0.353 e. The van der Waals surface area contributed by atoms with Crippen LogP contribution in [-0.4, -0.2) is 24.5 Å². The Morgan fingerprint density at radius 2 is 2.08 bits per heavy atom. The lowest BCUT2D eigenvalue weighted by atomic mass is 9.72. The van der Waals surface area contributed by atoms with Gasteiger partial charge in [-0.3, -0.25) is 4.98 Å². The zero-order chi connectivity index (χ0) is 18.6. The second-order valence-electron chi connectivity index (χ2n) is 8.32. The summed E-state index contributed by atoms with van der Waals surface area (Å²) in [4.78, 5) is 4.58. The Morgan fingerprint density at radius 3 is 2.73 bits per heavy atom. The first-order chi connectivity index (χ1) is 12.5. The molecule has 1 atom stereocenters. The molecular weight excluding hydrogens is 331 g/mol. The van der Waals surface area contributed by atoms with E-state index in [-0.39, 0.29) is 12.2 Å². The van der Waals surface area contributed by atoms with Crippen LogP contribution in [-0.2, 0) is 15.9 Å². The van der Waals surface area contributed by atoms with Gasteiger partial charge in [0.2, 0.25) is 0 Å². The van der Waals surface area contributed by atoms with E-state index in [1.165, 1.54) is 6.07 Å². The van der Waals surface area contributed by atoms with E-state index in [0.717, 1.165) is 57.2 Å². The maximum atomic E-state index is 14.4. The molecule has 1 unspecified atom stereocenters. The molecule has 0 amide bonds. The van der Waals surface area contributed by atoms with Gasteiger partial charge in [0.15, 0.2) is 6.29 Å². The molecule has 1 aliphatic carbocycles. The van der Waals surface area contributed by atoms with Crippen LogP contribution in [0.5, 0.6) is 0 Å². The first-order valence-corrected chi connectivity index (χ1v) is 9.81. The monoisotopic (exact) mass is 360 g/mol. The van der Waals surface area contributed by atoms with Crippen LogP contribution in [0.15, 0.2) is 6.07 Å². The summed E-state index contributed by atoms with van der Waals surface area (Å²) in [6, 6.07) is 3.49. The SMILES string of the molecule is CC1(C)CCC(c2nc(CCOC3CCCCO3)c(F)cc2C#N)CC1. The van der Waals surface area contributed by atoms with Crippen LogP contribution in [0.25, 0.3) is 0 Å². The highest BCUT2D eigenvalue weighted by atomic mass is 19.1. The zero-order valence-electron chi connectivity index (χ0n) is 15.9. The molecule has 26 heavy (non-hydrogen) atoms. The molecular formula is C21H29FN2O2. The Morgan fingerprint density at radius 1 is 1.31 bits per heavy atom. The predicted octanol–water partition coefficient (Wildman–Crippen LogP) is 4.86. The van der Waals surface area contributed by atoms with Crippen molar-refractivity contribution in [3.05, 3.63) is 28.8 Å². The fourth-order valence-electron chi connectivity index (χ4n) is 3.92. The molecule has 1 aromatic rings. The Kier molecular flexibility index (Phi) is 6.26. The molecule has 0 bridgehead atoms. The Labute approximate surface area is 155 Å². The van der Waals surface area contributed by atoms with E-state index in [9.17, 15) is 9.65 Å². The van der Waals surface area contributed by atoms with Crippen LogP contribution in [0.1, 0.15) is 81.7 Å². The van der Waals surface area contributed by atoms with E-state index >= 15 is 0 Å². The Hall–Kier alpha value is -1.51. The highest BCUT2D eigenvalue weighted by molar-refractivity contribution is 5.37. The van der Waals surface area contributed by atoms with E-state index in [0.29, 0.717) is 29.7 Å². The van der Waals surface area contributed by atoms with Crippen LogP contribution >= 0.6 is 0 Å². The summed E-state index contributed by atoms with van der Waals surface area (Å²) in [6.45, 7) is 5.68. The van der Waals surface area contributed by atoms with Crippen molar-refractivity contribution in [3.63, 3.8) is 0 Å². The minimum atomic E-state index is -0.408. The van der Waals surface area contributed by atoms with Crippen molar-refractivity contribution in [2.24, 2.45) is 5.41 Å². The van der Waals surface area contributed by atoms with Gasteiger partial charge in [-0.15, -0.1) is 0 Å². The van der Waals surface area contributed by atoms with E-state index < -0.39 is 5.82 Å². The van der Waals surface area contributed by atoms with Crippen LogP contribution in [0.2, 0.25) is 0 Å². The molecule has 3 rings (SSSR count). The summed E-state index contributed by atoms with van der Waals surface area (Å²) in [5, 5.41) is 9.42. The second-order valence-corrected chi connectivity index (χ2v) is 8.32. The van der Waals surface area contributed by atoms with Crippen LogP contribution < -0.4 is 0 Å². The lowest BCUT2D eigenvalue weighted by Gasteiger charge is -2.34. The summed E-state index contributed by atoms with van der Waals surface area (Å²) in [6.07, 6.45) is 7.54. The Balaban J connectivity index is 1.67. The molecule has 1 aliphatic heterocycles. The van der Waals surface area contributed by atoms with Crippen molar-refractivity contribution in [1.82, 2.24) is 4.98 Å². The van der Waals surface area contributed by atoms with Crippen LogP contribution in [0.3, 0.4) is 0 Å². The molecule has 5 heteroatoms. The molecule has 1 saturated carbocycles. The summed E-state index contributed by atoms with van der Waals surface area (Å²) in [7, 11) is 0. The molecule has 0 aromatic carbocycles. The summed E-state index contributed by atoms with van der Waals surface area (Å²) in [5.41, 5.74) is 1.90. The zero-order valence-corrected chi connectivity index (χ0v) is 15.9. The van der Waals surface area contributed by atoms with Gasteiger partial charge in [-0.1, -0.05) is 13.8 Å². The lowest BCUT2D eigenvalue weighted by Crippen LogP contribution is -2.24. The van der Waals surface area contributed by atoms with Gasteiger partial charge in [-0.05, 0) is 56.4 Å². The van der Waals surface area contributed by atoms with Crippen molar-refractivity contribution in [3.8, 4) is 6.07 Å². The summed E-state index contributed by atoms with van der Waals surface area (Å²) in [5.74, 6) is -0.158. The van der Waals surface area contributed by atoms with Crippen molar-refractivity contribution in [2.45, 2.75) is 77.4 Å². The van der Waals surface area contributed by atoms with E-state index in [4.69, 9.17) is 9.47 Å². The maximum Gasteiger partial charge on any atom is 0.157 e. The van der Waals surface area contributed by atoms with Crippen molar-refractivity contribution in [2.75, 3.05) is 13.2 Å². The average molecular weight is 360 g/mol. The third-order valence-electron chi connectivity index (χ3n) is 5.70. The van der Waals surface area contributed by atoms with Crippen molar-refractivity contribution >= 4 is 0 Å². The number of halogens is 1. The molecule has 0 radical (unpaired) electrons. The van der Waals surface area contributed by atoms with Gasteiger partial charge in [0.1, 0.15) is 11.9 Å². The molecule has 142 valence electrons. The standard InChI is InChI=1S/C21H29FN2O2/c1-21(2)9-6-15(7-10-21)20-16(14-23)13-17(22)18(24-20)8-12-26-19-5-3-4-11-25-19/h13,15,19H,3-12H2,1-2H3. The topological polar surface area (TPSA) is 55.1 Å². The fraction of sp³-hybridized carbons (Fsp3) is 0.714. The molecule has 0 N–H and O–H groups in total. The summed E-state index contributed by atoms with van der Waals surface area (Å²) < 4.78 is 25.6. The first kappa shape index (κ1) is 19.3. The molecule has 1 saturated heterocycles. The number of hydrogen-bond acceptors (Lipinski definition) is 4. The van der Waals surface area contributed by atoms with Gasteiger partial charge in [-0.25, -0.2) is 4.39 Å². The number of ether oxygens (including phenoxy) is 2. The number of nitrogens with zero attached hydrogens (tertiary/aromatic N) is 2. The number of nitriles is 1. The van der Waals surface area contributed by atoms with Gasteiger partial charge < -0.3 is 9.47 Å². The number of rotatable bonds is 5. The second kappa shape index (κ2) is 8.45. The fourth-order valence-corrected chi connectivity index (χ4v) is 3.92. The quantitative estimate of drug-likeness (QED) is 0.752. The molecule has 2 fully saturated rings. The van der Waals surface area contributed by atoms with E-state index in [1.807, 2.05) is 0 Å². The average Bonchev–Trinajstić information content (AvgIpc) is 2.64. The van der Waals surface area contributed by atoms with Gasteiger partial charge >= 0.3 is 0 Å². The minimum absolute atomic E-state index is 0.176. The largest absolute Gasteiger partial charge is 0.353 e. The van der Waals surface area contributed by atoms with Gasteiger partial charge in [0.05, 0.1) is 23.6 Å². The number of aromatic nitrogens is 1. The molecule has 2 heterocycles. The van der Waals surface area contributed by atoms with Gasteiger partial charge in [0, 0.05) is 18.9 Å². The number of hydrogen-bond donors (Lipinski definition) is 0.